The minimum atomic E-state index is 0.749. The summed E-state index contributed by atoms with van der Waals surface area (Å²) in [6.45, 7) is 2.26. The van der Waals surface area contributed by atoms with Crippen LogP contribution < -0.4 is 5.32 Å². The zero-order chi connectivity index (χ0) is 9.97. The highest BCUT2D eigenvalue weighted by atomic mass is 15.1. The molecule has 1 aliphatic rings. The number of aryl methyl sites for hydroxylation is 1. The van der Waals surface area contributed by atoms with Crippen LogP contribution >= 0.6 is 0 Å². The smallest absolute Gasteiger partial charge is 0.222 e. The van der Waals surface area contributed by atoms with E-state index in [1.807, 2.05) is 13.2 Å². The van der Waals surface area contributed by atoms with Crippen molar-refractivity contribution in [3.05, 3.63) is 17.5 Å². The Bertz CT molecular complexity index is 322. The summed E-state index contributed by atoms with van der Waals surface area (Å²) in [5.41, 5.74) is 2.59. The quantitative estimate of drug-likeness (QED) is 0.777. The molecule has 1 atom stereocenters. The molecular weight excluding hydrogens is 174 g/mol. The van der Waals surface area contributed by atoms with Crippen molar-refractivity contribution in [1.82, 2.24) is 9.97 Å². The van der Waals surface area contributed by atoms with Gasteiger partial charge >= 0.3 is 0 Å². The lowest BCUT2D eigenvalue weighted by Gasteiger charge is -2.22. The second-order valence-corrected chi connectivity index (χ2v) is 3.93. The van der Waals surface area contributed by atoms with Gasteiger partial charge in [0.2, 0.25) is 5.95 Å². The molecule has 0 amide bonds. The molecule has 0 radical (unpaired) electrons. The van der Waals surface area contributed by atoms with Gasteiger partial charge in [0, 0.05) is 18.9 Å². The molecule has 1 unspecified atom stereocenters. The minimum Gasteiger partial charge on any atom is -0.357 e. The average molecular weight is 191 g/mol. The molecule has 1 N–H and O–H groups in total. The van der Waals surface area contributed by atoms with E-state index in [2.05, 4.69) is 22.2 Å². The van der Waals surface area contributed by atoms with Gasteiger partial charge in [-0.1, -0.05) is 13.3 Å². The molecular formula is C11H17N3. The molecule has 3 heteroatoms. The van der Waals surface area contributed by atoms with Gasteiger partial charge in [-0.2, -0.15) is 0 Å². The second-order valence-electron chi connectivity index (χ2n) is 3.93. The van der Waals surface area contributed by atoms with Gasteiger partial charge in [-0.25, -0.2) is 9.97 Å². The molecule has 0 spiro atoms. The first-order valence-electron chi connectivity index (χ1n) is 5.36. The van der Waals surface area contributed by atoms with Crippen LogP contribution in [-0.4, -0.2) is 17.0 Å². The fourth-order valence-corrected chi connectivity index (χ4v) is 2.05. The highest BCUT2D eigenvalue weighted by Gasteiger charge is 2.18. The first-order chi connectivity index (χ1) is 6.83. The average Bonchev–Trinajstić information content (AvgIpc) is 2.27. The van der Waals surface area contributed by atoms with E-state index < -0.39 is 0 Å². The number of nitrogens with one attached hydrogen (secondary N) is 1. The molecule has 1 aliphatic carbocycles. The summed E-state index contributed by atoms with van der Waals surface area (Å²) < 4.78 is 0. The first-order valence-corrected chi connectivity index (χ1v) is 5.36. The van der Waals surface area contributed by atoms with E-state index in [1.54, 1.807) is 0 Å². The summed E-state index contributed by atoms with van der Waals surface area (Å²) in [4.78, 5) is 8.74. The monoisotopic (exact) mass is 191 g/mol. The van der Waals surface area contributed by atoms with Crippen LogP contribution in [-0.2, 0) is 12.8 Å². The van der Waals surface area contributed by atoms with E-state index in [-0.39, 0.29) is 0 Å². The molecule has 0 aromatic carbocycles. The lowest BCUT2D eigenvalue weighted by Crippen LogP contribution is -2.16. The zero-order valence-electron chi connectivity index (χ0n) is 8.88. The SMILES string of the molecule is CCC1CCc2nc(NC)ncc2C1. The standard InChI is InChI=1S/C11H17N3/c1-3-8-4-5-10-9(6-8)7-13-11(12-2)14-10/h7-8H,3-6H2,1-2H3,(H,12,13,14). The summed E-state index contributed by atoms with van der Waals surface area (Å²) in [7, 11) is 1.86. The number of hydrogen-bond donors (Lipinski definition) is 1. The summed E-state index contributed by atoms with van der Waals surface area (Å²) in [6.07, 6.45) is 6.81. The molecule has 1 aromatic heterocycles. The van der Waals surface area contributed by atoms with Crippen LogP contribution in [0.4, 0.5) is 5.95 Å². The fraction of sp³-hybridized carbons (Fsp3) is 0.636. The number of anilines is 1. The van der Waals surface area contributed by atoms with E-state index in [4.69, 9.17) is 0 Å². The Balaban J connectivity index is 2.23. The maximum Gasteiger partial charge on any atom is 0.222 e. The highest BCUT2D eigenvalue weighted by Crippen LogP contribution is 2.26. The van der Waals surface area contributed by atoms with Gasteiger partial charge in [-0.3, -0.25) is 0 Å². The molecule has 0 fully saturated rings. The molecule has 3 nitrogen and oxygen atoms in total. The Morgan fingerprint density at radius 2 is 2.43 bits per heavy atom. The fourth-order valence-electron chi connectivity index (χ4n) is 2.05. The molecule has 14 heavy (non-hydrogen) atoms. The third kappa shape index (κ3) is 1.72. The van der Waals surface area contributed by atoms with Crippen LogP contribution in [0, 0.1) is 5.92 Å². The Hall–Kier alpha value is -1.12. The van der Waals surface area contributed by atoms with E-state index in [0.29, 0.717) is 0 Å². The molecule has 1 heterocycles. The van der Waals surface area contributed by atoms with Crippen LogP contribution in [0.2, 0.25) is 0 Å². The third-order valence-corrected chi connectivity index (χ3v) is 3.05. The van der Waals surface area contributed by atoms with E-state index in [0.717, 1.165) is 24.7 Å². The largest absolute Gasteiger partial charge is 0.357 e. The van der Waals surface area contributed by atoms with Gasteiger partial charge in [0.05, 0.1) is 0 Å². The van der Waals surface area contributed by atoms with Crippen LogP contribution in [0.25, 0.3) is 0 Å². The predicted octanol–water partition coefficient (Wildman–Crippen LogP) is 2.03. The van der Waals surface area contributed by atoms with Gasteiger partial charge in [-0.15, -0.1) is 0 Å². The van der Waals surface area contributed by atoms with Crippen molar-refractivity contribution in [2.45, 2.75) is 32.6 Å². The Morgan fingerprint density at radius 3 is 3.14 bits per heavy atom. The zero-order valence-corrected chi connectivity index (χ0v) is 8.88. The number of fused-ring (bicyclic) bond motifs is 1. The number of aromatic nitrogens is 2. The van der Waals surface area contributed by atoms with Crippen LogP contribution in [0.3, 0.4) is 0 Å². The van der Waals surface area contributed by atoms with E-state index in [1.165, 1.54) is 24.1 Å². The van der Waals surface area contributed by atoms with Gasteiger partial charge in [0.15, 0.2) is 0 Å². The third-order valence-electron chi connectivity index (χ3n) is 3.05. The summed E-state index contributed by atoms with van der Waals surface area (Å²) in [5.74, 6) is 1.59. The first kappa shape index (κ1) is 9.44. The van der Waals surface area contributed by atoms with E-state index >= 15 is 0 Å². The van der Waals surface area contributed by atoms with Crippen LogP contribution in [0.1, 0.15) is 31.0 Å². The van der Waals surface area contributed by atoms with Crippen molar-refractivity contribution < 1.29 is 0 Å². The van der Waals surface area contributed by atoms with Crippen molar-refractivity contribution in [3.8, 4) is 0 Å². The normalized spacial score (nSPS) is 20.3. The minimum absolute atomic E-state index is 0.749. The van der Waals surface area contributed by atoms with Crippen molar-refractivity contribution in [1.29, 1.82) is 0 Å². The Labute approximate surface area is 85.0 Å². The summed E-state index contributed by atoms with van der Waals surface area (Å²) >= 11 is 0. The molecule has 0 bridgehead atoms. The van der Waals surface area contributed by atoms with E-state index in [9.17, 15) is 0 Å². The molecule has 0 saturated carbocycles. The Morgan fingerprint density at radius 1 is 1.57 bits per heavy atom. The highest BCUT2D eigenvalue weighted by molar-refractivity contribution is 5.30. The lowest BCUT2D eigenvalue weighted by molar-refractivity contribution is 0.439. The van der Waals surface area contributed by atoms with Gasteiger partial charge < -0.3 is 5.32 Å². The van der Waals surface area contributed by atoms with Crippen molar-refractivity contribution in [2.75, 3.05) is 12.4 Å². The Kier molecular flexibility index (Phi) is 2.66. The lowest BCUT2D eigenvalue weighted by atomic mass is 9.86. The number of rotatable bonds is 2. The van der Waals surface area contributed by atoms with Crippen LogP contribution in [0.15, 0.2) is 6.20 Å². The molecule has 1 aromatic rings. The molecule has 2 rings (SSSR count). The number of nitrogens with zero attached hydrogens (tertiary/aromatic N) is 2. The summed E-state index contributed by atoms with van der Waals surface area (Å²) in [5, 5.41) is 2.98. The van der Waals surface area contributed by atoms with Gasteiger partial charge in [0.1, 0.15) is 0 Å². The number of hydrogen-bond acceptors (Lipinski definition) is 3. The molecule has 76 valence electrons. The second kappa shape index (κ2) is 3.95. The molecule has 0 saturated heterocycles. The van der Waals surface area contributed by atoms with Crippen LogP contribution in [0.5, 0.6) is 0 Å². The van der Waals surface area contributed by atoms with Crippen molar-refractivity contribution >= 4 is 5.95 Å². The van der Waals surface area contributed by atoms with Crippen molar-refractivity contribution in [3.63, 3.8) is 0 Å². The van der Waals surface area contributed by atoms with Gasteiger partial charge in [-0.05, 0) is 30.7 Å². The van der Waals surface area contributed by atoms with Gasteiger partial charge in [0.25, 0.3) is 0 Å². The topological polar surface area (TPSA) is 37.8 Å². The molecule has 0 aliphatic heterocycles. The van der Waals surface area contributed by atoms with Crippen molar-refractivity contribution in [2.24, 2.45) is 5.92 Å². The predicted molar refractivity (Wildman–Crippen MR) is 57.4 cm³/mol. The maximum absolute atomic E-state index is 4.48. The summed E-state index contributed by atoms with van der Waals surface area (Å²) in [6, 6.07) is 0. The maximum atomic E-state index is 4.48.